The van der Waals surface area contributed by atoms with Crippen LogP contribution in [0, 0.1) is 25.7 Å². The maximum atomic E-state index is 5.79. The summed E-state index contributed by atoms with van der Waals surface area (Å²) in [5.41, 5.74) is 19.6. The fraction of sp³-hybridized carbons (Fsp3) is 0.403. The Hall–Kier alpha value is -5.16. The van der Waals surface area contributed by atoms with Gasteiger partial charge in [-0.2, -0.15) is 0 Å². The van der Waals surface area contributed by atoms with Crippen LogP contribution in [0.5, 0.6) is 0 Å². The van der Waals surface area contributed by atoms with Gasteiger partial charge in [-0.15, -0.1) is 22.7 Å². The quantitative estimate of drug-likeness (QED) is 0.0909. The molecule has 0 spiro atoms. The molecule has 8 aromatic rings. The Balaban J connectivity index is 1.22. The molecular weight excluding hydrogens is 897 g/mol. The van der Waals surface area contributed by atoms with E-state index in [9.17, 15) is 0 Å². The van der Waals surface area contributed by atoms with Crippen LogP contribution in [0.4, 0.5) is 0 Å². The number of unbranched alkanes of at least 4 members (excludes halogenated alkanes) is 2. The average Bonchev–Trinajstić information content (AvgIpc) is 4.10. The number of benzene rings is 5. The van der Waals surface area contributed by atoms with E-state index >= 15 is 0 Å². The Morgan fingerprint density at radius 1 is 0.465 bits per heavy atom. The Bertz CT molecular complexity index is 3110. The maximum Gasteiger partial charge on any atom is 0.0988 e. The third kappa shape index (κ3) is 10.3. The highest BCUT2D eigenvalue weighted by Gasteiger charge is 2.45. The zero-order valence-corrected chi connectivity index (χ0v) is 46.6. The predicted octanol–water partition coefficient (Wildman–Crippen LogP) is 20.8. The molecule has 0 saturated heterocycles. The molecule has 0 radical (unpaired) electrons. The fourth-order valence-corrected chi connectivity index (χ4v) is 13.5. The topological polar surface area (TPSA) is 25.8 Å². The predicted molar refractivity (Wildman–Crippen MR) is 311 cm³/mol. The SMILES string of the molecule is CCCCC(CC)CC1(CC(CC)CCCC)c2cc(C)ccc2-c2ccc(-c3ccc(-c4ccc(-c5ccc(C)s5)c5nc(-c6ccc(C(C)(C)C)cc6)c(-c6ccc(C(C)(C)C)cc6)nc45)s3)cc21. The van der Waals surface area contributed by atoms with Crippen molar-refractivity contribution in [1.29, 1.82) is 0 Å². The molecule has 0 bridgehead atoms. The molecule has 2 atom stereocenters. The van der Waals surface area contributed by atoms with Crippen LogP contribution in [0.3, 0.4) is 0 Å². The van der Waals surface area contributed by atoms with E-state index in [1.54, 1.807) is 11.1 Å². The molecule has 1 aliphatic rings. The lowest BCUT2D eigenvalue weighted by Gasteiger charge is -2.39. The molecule has 368 valence electrons. The van der Waals surface area contributed by atoms with Crippen molar-refractivity contribution in [1.82, 2.24) is 9.97 Å². The van der Waals surface area contributed by atoms with Crippen LogP contribution in [0.25, 0.3) is 76.0 Å². The smallest absolute Gasteiger partial charge is 0.0988 e. The second kappa shape index (κ2) is 20.8. The number of aryl methyl sites for hydroxylation is 2. The molecule has 0 fully saturated rings. The van der Waals surface area contributed by atoms with E-state index in [1.807, 2.05) is 22.7 Å². The Labute approximate surface area is 435 Å². The molecule has 3 aromatic heterocycles. The summed E-state index contributed by atoms with van der Waals surface area (Å²) in [6.45, 7) is 27.8. The van der Waals surface area contributed by atoms with Gasteiger partial charge >= 0.3 is 0 Å². The first kappa shape index (κ1) is 50.8. The van der Waals surface area contributed by atoms with Crippen LogP contribution in [0.15, 0.2) is 121 Å². The van der Waals surface area contributed by atoms with E-state index in [4.69, 9.17) is 9.97 Å². The number of thiophene rings is 2. The zero-order chi connectivity index (χ0) is 50.2. The molecule has 4 heteroatoms. The molecule has 71 heavy (non-hydrogen) atoms. The van der Waals surface area contributed by atoms with Gasteiger partial charge in [0, 0.05) is 47.2 Å². The summed E-state index contributed by atoms with van der Waals surface area (Å²) in [5, 5.41) is 0. The highest BCUT2D eigenvalue weighted by atomic mass is 32.1. The van der Waals surface area contributed by atoms with Crippen LogP contribution in [0.2, 0.25) is 0 Å². The third-order valence-corrected chi connectivity index (χ3v) is 18.1. The molecule has 2 nitrogen and oxygen atoms in total. The third-order valence-electron chi connectivity index (χ3n) is 15.9. The van der Waals surface area contributed by atoms with Crippen molar-refractivity contribution in [3.8, 4) is 65.0 Å². The molecule has 0 N–H and O–H groups in total. The molecule has 0 saturated carbocycles. The minimum atomic E-state index is -0.0103. The highest BCUT2D eigenvalue weighted by Crippen LogP contribution is 2.57. The van der Waals surface area contributed by atoms with Gasteiger partial charge in [0.05, 0.1) is 22.4 Å². The molecule has 9 rings (SSSR count). The first-order chi connectivity index (χ1) is 34.0. The largest absolute Gasteiger partial charge is 0.243 e. The monoisotopic (exact) mass is 975 g/mol. The fourth-order valence-electron chi connectivity index (χ4n) is 11.6. The number of hydrogen-bond acceptors (Lipinski definition) is 4. The molecule has 2 unspecified atom stereocenters. The number of nitrogens with zero attached hydrogens (tertiary/aromatic N) is 2. The molecule has 3 heterocycles. The highest BCUT2D eigenvalue weighted by molar-refractivity contribution is 7.19. The standard InChI is InChI=1S/C67H78N2S2/c1-13-17-19-45(15-3)41-67(42-46(16-4)20-18-14-2)56-39-43(5)21-32-52(56)53-33-27-49(40-57(53)67)58-37-38-60(71-58)55-35-34-54(59-36-22-44(6)70-59)63-64(55)69-62(48-25-30-51(31-26-48)66(10,11)12)61(68-63)47-23-28-50(29-24-47)65(7,8)9/h21-40,45-46H,13-20,41-42H2,1-12H3. The van der Waals surface area contributed by atoms with Gasteiger partial charge < -0.3 is 0 Å². The minimum Gasteiger partial charge on any atom is -0.243 e. The average molecular weight is 976 g/mol. The van der Waals surface area contributed by atoms with Crippen LogP contribution in [-0.2, 0) is 16.2 Å². The van der Waals surface area contributed by atoms with Crippen molar-refractivity contribution in [2.24, 2.45) is 11.8 Å². The first-order valence-corrected chi connectivity index (χ1v) is 28.7. The lowest BCUT2D eigenvalue weighted by molar-refractivity contribution is 0.266. The molecular formula is C67H78N2S2. The van der Waals surface area contributed by atoms with Gasteiger partial charge in [0.2, 0.25) is 0 Å². The van der Waals surface area contributed by atoms with Gasteiger partial charge in [0.25, 0.3) is 0 Å². The minimum absolute atomic E-state index is 0.0103. The van der Waals surface area contributed by atoms with E-state index < -0.39 is 0 Å². The summed E-state index contributed by atoms with van der Waals surface area (Å²) in [4.78, 5) is 16.6. The van der Waals surface area contributed by atoms with Gasteiger partial charge in [-0.3, -0.25) is 0 Å². The summed E-state index contributed by atoms with van der Waals surface area (Å²) < 4.78 is 0. The van der Waals surface area contributed by atoms with Crippen molar-refractivity contribution in [2.75, 3.05) is 0 Å². The summed E-state index contributed by atoms with van der Waals surface area (Å²) in [5.74, 6) is 1.38. The van der Waals surface area contributed by atoms with Crippen LogP contribution < -0.4 is 0 Å². The van der Waals surface area contributed by atoms with Crippen LogP contribution >= 0.6 is 22.7 Å². The summed E-state index contributed by atoms with van der Waals surface area (Å²) in [6.07, 6.45) is 12.6. The first-order valence-electron chi connectivity index (χ1n) is 27.0. The number of hydrogen-bond donors (Lipinski definition) is 0. The van der Waals surface area contributed by atoms with Crippen molar-refractivity contribution < 1.29 is 0 Å². The van der Waals surface area contributed by atoms with E-state index in [0.717, 1.165) is 44.7 Å². The second-order valence-corrected chi connectivity index (χ2v) is 25.5. The van der Waals surface area contributed by atoms with E-state index in [1.165, 1.54) is 117 Å². The normalized spacial score (nSPS) is 15.5. The molecule has 0 aliphatic heterocycles. The van der Waals surface area contributed by atoms with Gasteiger partial charge in [-0.25, -0.2) is 9.97 Å². The zero-order valence-electron chi connectivity index (χ0n) is 45.0. The van der Waals surface area contributed by atoms with Gasteiger partial charge in [0.15, 0.2) is 0 Å². The van der Waals surface area contributed by atoms with Crippen molar-refractivity contribution in [3.05, 3.63) is 154 Å². The van der Waals surface area contributed by atoms with Gasteiger partial charge in [-0.05, 0) is 119 Å². The number of fused-ring (bicyclic) bond motifs is 4. The van der Waals surface area contributed by atoms with E-state index in [0.29, 0.717) is 11.8 Å². The molecule has 5 aromatic carbocycles. The lowest BCUT2D eigenvalue weighted by atomic mass is 9.65. The van der Waals surface area contributed by atoms with Gasteiger partial charge in [0.1, 0.15) is 0 Å². The Kier molecular flexibility index (Phi) is 14.8. The summed E-state index contributed by atoms with van der Waals surface area (Å²) in [7, 11) is 0. The maximum absolute atomic E-state index is 5.79. The van der Waals surface area contributed by atoms with E-state index in [2.05, 4.69) is 204 Å². The van der Waals surface area contributed by atoms with Gasteiger partial charge in [-0.1, -0.05) is 217 Å². The Morgan fingerprint density at radius 3 is 1.37 bits per heavy atom. The lowest BCUT2D eigenvalue weighted by Crippen LogP contribution is -2.31. The van der Waals surface area contributed by atoms with Crippen molar-refractivity contribution in [2.45, 2.75) is 164 Å². The second-order valence-electron chi connectivity index (χ2n) is 23.1. The number of rotatable bonds is 17. The molecule has 1 aliphatic carbocycles. The van der Waals surface area contributed by atoms with Crippen LogP contribution in [0.1, 0.15) is 166 Å². The van der Waals surface area contributed by atoms with Crippen LogP contribution in [-0.4, -0.2) is 9.97 Å². The number of aromatic nitrogens is 2. The van der Waals surface area contributed by atoms with Crippen molar-refractivity contribution in [3.63, 3.8) is 0 Å². The molecule has 0 amide bonds. The summed E-state index contributed by atoms with van der Waals surface area (Å²) >= 11 is 3.72. The Morgan fingerprint density at radius 2 is 0.901 bits per heavy atom. The van der Waals surface area contributed by atoms with Crippen molar-refractivity contribution >= 4 is 33.7 Å². The van der Waals surface area contributed by atoms with E-state index in [-0.39, 0.29) is 16.2 Å². The summed E-state index contributed by atoms with van der Waals surface area (Å²) in [6, 6.07) is 46.8.